The van der Waals surface area contributed by atoms with Crippen LogP contribution in [0.25, 0.3) is 0 Å². The van der Waals surface area contributed by atoms with Gasteiger partial charge in [-0.3, -0.25) is 9.59 Å². The molecular formula is C65H114O5. The minimum atomic E-state index is -0.554. The van der Waals surface area contributed by atoms with E-state index in [9.17, 15) is 9.59 Å². The molecule has 0 bridgehead atoms. The highest BCUT2D eigenvalue weighted by Crippen LogP contribution is 2.15. The molecule has 0 spiro atoms. The predicted octanol–water partition coefficient (Wildman–Crippen LogP) is 20.8. The summed E-state index contributed by atoms with van der Waals surface area (Å²) in [5.74, 6) is -0.418. The topological polar surface area (TPSA) is 61.8 Å². The van der Waals surface area contributed by atoms with Crippen LogP contribution in [-0.2, 0) is 23.8 Å². The molecule has 0 aliphatic rings. The summed E-state index contributed by atoms with van der Waals surface area (Å²) >= 11 is 0. The van der Waals surface area contributed by atoms with Gasteiger partial charge in [0, 0.05) is 19.4 Å². The van der Waals surface area contributed by atoms with Gasteiger partial charge in [-0.25, -0.2) is 0 Å². The quantitative estimate of drug-likeness (QED) is 0.0345. The van der Waals surface area contributed by atoms with E-state index in [1.165, 1.54) is 161 Å². The Balaban J connectivity index is 4.32. The summed E-state index contributed by atoms with van der Waals surface area (Å²) in [6.07, 6.45) is 80.3. The molecule has 0 rings (SSSR count). The maximum Gasteiger partial charge on any atom is 0.306 e. The van der Waals surface area contributed by atoms with E-state index in [2.05, 4.69) is 106 Å². The van der Waals surface area contributed by atoms with E-state index >= 15 is 0 Å². The van der Waals surface area contributed by atoms with Crippen molar-refractivity contribution in [3.05, 3.63) is 85.1 Å². The van der Waals surface area contributed by atoms with Gasteiger partial charge in [-0.05, 0) is 116 Å². The minimum Gasteiger partial charge on any atom is -0.462 e. The van der Waals surface area contributed by atoms with Crippen molar-refractivity contribution in [1.29, 1.82) is 0 Å². The fraction of sp³-hybridized carbons (Fsp3) is 0.754. The van der Waals surface area contributed by atoms with Crippen molar-refractivity contribution >= 4 is 11.9 Å². The summed E-state index contributed by atoms with van der Waals surface area (Å²) in [5, 5.41) is 0. The van der Waals surface area contributed by atoms with Crippen molar-refractivity contribution in [2.75, 3.05) is 19.8 Å². The van der Waals surface area contributed by atoms with E-state index in [0.717, 1.165) is 96.3 Å². The Labute approximate surface area is 435 Å². The molecule has 5 heteroatoms. The number of esters is 2. The van der Waals surface area contributed by atoms with E-state index < -0.39 is 6.10 Å². The first kappa shape index (κ1) is 67.1. The van der Waals surface area contributed by atoms with Gasteiger partial charge < -0.3 is 14.2 Å². The van der Waals surface area contributed by atoms with E-state index in [-0.39, 0.29) is 25.2 Å². The first-order valence-corrected chi connectivity index (χ1v) is 30.1. The van der Waals surface area contributed by atoms with Crippen molar-refractivity contribution in [1.82, 2.24) is 0 Å². The van der Waals surface area contributed by atoms with Gasteiger partial charge in [0.15, 0.2) is 6.10 Å². The Bertz CT molecular complexity index is 1290. The normalized spacial score (nSPS) is 12.8. The Morgan fingerprint density at radius 3 is 1.07 bits per heavy atom. The highest BCUT2D eigenvalue weighted by Gasteiger charge is 2.17. The molecule has 0 aromatic heterocycles. The Hall–Kier alpha value is -2.92. The largest absolute Gasteiger partial charge is 0.462 e. The van der Waals surface area contributed by atoms with Crippen molar-refractivity contribution in [2.24, 2.45) is 0 Å². The average Bonchev–Trinajstić information content (AvgIpc) is 3.36. The van der Waals surface area contributed by atoms with Crippen molar-refractivity contribution in [2.45, 2.75) is 297 Å². The third-order valence-electron chi connectivity index (χ3n) is 12.9. The molecule has 5 nitrogen and oxygen atoms in total. The highest BCUT2D eigenvalue weighted by atomic mass is 16.6. The van der Waals surface area contributed by atoms with Gasteiger partial charge in [0.05, 0.1) is 6.61 Å². The molecule has 0 aliphatic heterocycles. The molecule has 70 heavy (non-hydrogen) atoms. The summed E-state index contributed by atoms with van der Waals surface area (Å²) in [7, 11) is 0. The zero-order valence-corrected chi connectivity index (χ0v) is 46.5. The second kappa shape index (κ2) is 60.4. The fourth-order valence-corrected chi connectivity index (χ4v) is 8.41. The predicted molar refractivity (Wildman–Crippen MR) is 307 cm³/mol. The van der Waals surface area contributed by atoms with Gasteiger partial charge in [0.2, 0.25) is 0 Å². The van der Waals surface area contributed by atoms with Gasteiger partial charge in [0.25, 0.3) is 0 Å². The molecule has 0 aliphatic carbocycles. The Morgan fingerprint density at radius 2 is 0.643 bits per heavy atom. The number of hydrogen-bond acceptors (Lipinski definition) is 5. The zero-order valence-electron chi connectivity index (χ0n) is 46.5. The molecule has 404 valence electrons. The number of rotatable bonds is 55. The van der Waals surface area contributed by atoms with Crippen LogP contribution in [0.1, 0.15) is 290 Å². The van der Waals surface area contributed by atoms with E-state index in [0.29, 0.717) is 19.4 Å². The summed E-state index contributed by atoms with van der Waals surface area (Å²) in [5.41, 5.74) is 0. The number of hydrogen-bond donors (Lipinski definition) is 0. The van der Waals surface area contributed by atoms with Crippen LogP contribution in [0.5, 0.6) is 0 Å². The standard InChI is InChI=1S/C65H114O5/c1-4-7-10-13-16-19-22-25-28-31-33-35-37-40-43-46-49-52-55-58-64(66)69-62-63(61-68-60-57-54-51-48-45-42-39-36-32-29-26-23-20-17-14-11-8-5-2)70-65(67)59-56-53-50-47-44-41-38-34-30-27-24-21-18-15-12-9-6-3/h9,12,16,18-19,21,25-30,33,35,63H,4-8,10-11,13-15,17,20,22-24,31-32,34,36-62H2,1-3H3/b12-9-,19-16-,21-18-,28-25-,29-26-,30-27-,35-33-. The van der Waals surface area contributed by atoms with Gasteiger partial charge >= 0.3 is 11.9 Å². The molecule has 0 saturated heterocycles. The summed E-state index contributed by atoms with van der Waals surface area (Å²) in [6.45, 7) is 7.69. The Morgan fingerprint density at radius 1 is 0.329 bits per heavy atom. The number of ether oxygens (including phenoxy) is 3. The van der Waals surface area contributed by atoms with Crippen LogP contribution in [0, 0.1) is 0 Å². The molecule has 1 atom stereocenters. The number of carbonyl (C=O) groups is 2. The number of carbonyl (C=O) groups excluding carboxylic acids is 2. The molecule has 0 saturated carbocycles. The maximum atomic E-state index is 12.9. The van der Waals surface area contributed by atoms with Gasteiger partial charge in [-0.2, -0.15) is 0 Å². The third-order valence-corrected chi connectivity index (χ3v) is 12.9. The molecule has 1 unspecified atom stereocenters. The SMILES string of the molecule is CC/C=C\C/C=C\C/C=C\CCCCCCCCCC(=O)OC(COCCCCCCCCCC/C=C\CCCCCCCC)COC(=O)CCCCCCCC/C=C\C/C=C\C/C=C\CCCCC. The number of unbranched alkanes of at least 4 members (excludes halogenated alkanes) is 30. The zero-order chi connectivity index (χ0) is 50.6. The average molecular weight is 976 g/mol. The molecule has 0 heterocycles. The smallest absolute Gasteiger partial charge is 0.306 e. The first-order chi connectivity index (χ1) is 34.6. The van der Waals surface area contributed by atoms with E-state index in [1.54, 1.807) is 0 Å². The highest BCUT2D eigenvalue weighted by molar-refractivity contribution is 5.70. The van der Waals surface area contributed by atoms with Gasteiger partial charge in [-0.1, -0.05) is 247 Å². The lowest BCUT2D eigenvalue weighted by atomic mass is 10.1. The third kappa shape index (κ3) is 57.7. The summed E-state index contributed by atoms with van der Waals surface area (Å²) in [6, 6.07) is 0. The van der Waals surface area contributed by atoms with Crippen molar-refractivity contribution < 1.29 is 23.8 Å². The van der Waals surface area contributed by atoms with Gasteiger partial charge in [0.1, 0.15) is 6.61 Å². The second-order valence-corrected chi connectivity index (χ2v) is 19.9. The molecular weight excluding hydrogens is 861 g/mol. The van der Waals surface area contributed by atoms with Crippen LogP contribution in [0.4, 0.5) is 0 Å². The van der Waals surface area contributed by atoms with Crippen LogP contribution >= 0.6 is 0 Å². The number of allylic oxidation sites excluding steroid dienone is 14. The lowest BCUT2D eigenvalue weighted by Gasteiger charge is -2.18. The van der Waals surface area contributed by atoms with E-state index in [1.807, 2.05) is 0 Å². The maximum absolute atomic E-state index is 12.9. The lowest BCUT2D eigenvalue weighted by molar-refractivity contribution is -0.163. The van der Waals surface area contributed by atoms with E-state index in [4.69, 9.17) is 14.2 Å². The van der Waals surface area contributed by atoms with Crippen LogP contribution in [0.3, 0.4) is 0 Å². The summed E-state index contributed by atoms with van der Waals surface area (Å²) in [4.78, 5) is 25.6. The second-order valence-electron chi connectivity index (χ2n) is 19.9. The monoisotopic (exact) mass is 975 g/mol. The molecule has 0 radical (unpaired) electrons. The van der Waals surface area contributed by atoms with Crippen LogP contribution in [0.2, 0.25) is 0 Å². The fourth-order valence-electron chi connectivity index (χ4n) is 8.41. The first-order valence-electron chi connectivity index (χ1n) is 30.1. The van der Waals surface area contributed by atoms with Gasteiger partial charge in [-0.15, -0.1) is 0 Å². The molecule has 0 fully saturated rings. The van der Waals surface area contributed by atoms with Crippen molar-refractivity contribution in [3.8, 4) is 0 Å². The lowest BCUT2D eigenvalue weighted by Crippen LogP contribution is -2.30. The molecule has 0 amide bonds. The van der Waals surface area contributed by atoms with Crippen LogP contribution in [0.15, 0.2) is 85.1 Å². The minimum absolute atomic E-state index is 0.0709. The molecule has 0 aromatic rings. The van der Waals surface area contributed by atoms with Crippen LogP contribution < -0.4 is 0 Å². The molecule has 0 N–H and O–H groups in total. The molecule has 0 aromatic carbocycles. The Kier molecular flexibility index (Phi) is 57.9. The van der Waals surface area contributed by atoms with Crippen molar-refractivity contribution in [3.63, 3.8) is 0 Å². The summed E-state index contributed by atoms with van der Waals surface area (Å²) < 4.78 is 17.5. The van der Waals surface area contributed by atoms with Crippen LogP contribution in [-0.4, -0.2) is 37.9 Å².